The minimum atomic E-state index is -0.799. The van der Waals surface area contributed by atoms with Gasteiger partial charge in [-0.05, 0) is 19.1 Å². The summed E-state index contributed by atoms with van der Waals surface area (Å²) in [5.41, 5.74) is -1.75. The molecule has 0 aliphatic carbocycles. The number of hydrogen-bond acceptors (Lipinski definition) is 3. The minimum absolute atomic E-state index is 0.0212. The van der Waals surface area contributed by atoms with Crippen molar-refractivity contribution < 1.29 is 4.79 Å². The van der Waals surface area contributed by atoms with Gasteiger partial charge in [0, 0.05) is 11.2 Å². The molecule has 2 aromatic rings. The Morgan fingerprint density at radius 3 is 2.20 bits per heavy atom. The summed E-state index contributed by atoms with van der Waals surface area (Å²) in [5.74, 6) is -0.485. The predicted molar refractivity (Wildman–Crippen MR) is 77.7 cm³/mol. The monoisotopic (exact) mass is 332 g/mol. The van der Waals surface area contributed by atoms with Crippen molar-refractivity contribution in [3.05, 3.63) is 59.8 Å². The van der Waals surface area contributed by atoms with Crippen LogP contribution in [-0.2, 0) is 0 Å². The molecule has 0 bridgehead atoms. The SMILES string of the molecule is CC(=O)c1c[nH]c(=O)n(-c2c(Cl)cc(Cl)cc2Cl)c1=O. The fourth-order valence-corrected chi connectivity index (χ4v) is 2.66. The van der Waals surface area contributed by atoms with Crippen molar-refractivity contribution in [1.29, 1.82) is 0 Å². The Labute approximate surface area is 127 Å². The molecule has 1 heterocycles. The van der Waals surface area contributed by atoms with E-state index < -0.39 is 17.0 Å². The van der Waals surface area contributed by atoms with E-state index in [0.717, 1.165) is 6.20 Å². The molecule has 5 nitrogen and oxygen atoms in total. The average Bonchev–Trinajstić information content (AvgIpc) is 2.31. The van der Waals surface area contributed by atoms with E-state index in [9.17, 15) is 14.4 Å². The number of hydrogen-bond donors (Lipinski definition) is 1. The van der Waals surface area contributed by atoms with Gasteiger partial charge in [0.2, 0.25) is 0 Å². The van der Waals surface area contributed by atoms with E-state index in [0.29, 0.717) is 4.57 Å². The van der Waals surface area contributed by atoms with E-state index in [1.807, 2.05) is 0 Å². The Bertz CT molecular complexity index is 800. The maximum absolute atomic E-state index is 12.2. The molecule has 0 radical (unpaired) electrons. The van der Waals surface area contributed by atoms with Gasteiger partial charge in [-0.3, -0.25) is 9.59 Å². The summed E-state index contributed by atoms with van der Waals surface area (Å²) in [5, 5.41) is 0.308. The molecule has 2 rings (SSSR count). The lowest BCUT2D eigenvalue weighted by atomic mass is 10.2. The van der Waals surface area contributed by atoms with E-state index in [1.54, 1.807) is 0 Å². The Hall–Kier alpha value is -1.56. The van der Waals surface area contributed by atoms with E-state index in [-0.39, 0.29) is 26.3 Å². The summed E-state index contributed by atoms with van der Waals surface area (Å²) >= 11 is 17.7. The van der Waals surface area contributed by atoms with Crippen LogP contribution in [0.3, 0.4) is 0 Å². The van der Waals surface area contributed by atoms with Crippen LogP contribution in [0.4, 0.5) is 0 Å². The Kier molecular flexibility index (Phi) is 4.04. The first-order chi connectivity index (χ1) is 9.32. The van der Waals surface area contributed by atoms with E-state index >= 15 is 0 Å². The first-order valence-corrected chi connectivity index (χ1v) is 6.47. The fourth-order valence-electron chi connectivity index (χ4n) is 1.68. The van der Waals surface area contributed by atoms with Crippen molar-refractivity contribution in [3.63, 3.8) is 0 Å². The molecule has 0 unspecified atom stereocenters. The highest BCUT2D eigenvalue weighted by Crippen LogP contribution is 2.30. The van der Waals surface area contributed by atoms with Crippen LogP contribution in [0, 0.1) is 0 Å². The van der Waals surface area contributed by atoms with Gasteiger partial charge in [0.05, 0.1) is 21.3 Å². The van der Waals surface area contributed by atoms with Crippen molar-refractivity contribution in [2.45, 2.75) is 6.92 Å². The molecular weight excluding hydrogens is 327 g/mol. The molecule has 0 atom stereocenters. The van der Waals surface area contributed by atoms with Gasteiger partial charge in [-0.15, -0.1) is 0 Å². The van der Waals surface area contributed by atoms with Crippen LogP contribution in [0.5, 0.6) is 0 Å². The number of benzene rings is 1. The predicted octanol–water partition coefficient (Wildman–Crippen LogP) is 2.69. The van der Waals surface area contributed by atoms with Crippen LogP contribution >= 0.6 is 34.8 Å². The van der Waals surface area contributed by atoms with Crippen molar-refractivity contribution in [2.24, 2.45) is 0 Å². The quantitative estimate of drug-likeness (QED) is 0.859. The number of carbonyl (C=O) groups is 1. The number of Topliss-reactive ketones (excluding diaryl/α,β-unsaturated/α-hetero) is 1. The number of rotatable bonds is 2. The number of aromatic nitrogens is 2. The second-order valence-corrected chi connectivity index (χ2v) is 5.17. The Morgan fingerprint density at radius 1 is 1.15 bits per heavy atom. The topological polar surface area (TPSA) is 71.9 Å². The normalized spacial score (nSPS) is 10.6. The molecule has 0 saturated carbocycles. The van der Waals surface area contributed by atoms with Crippen LogP contribution in [-0.4, -0.2) is 15.3 Å². The Balaban J connectivity index is 2.91. The molecule has 0 fully saturated rings. The third-order valence-electron chi connectivity index (χ3n) is 2.56. The first-order valence-electron chi connectivity index (χ1n) is 5.33. The lowest BCUT2D eigenvalue weighted by molar-refractivity contribution is 0.101. The number of carbonyl (C=O) groups excluding carboxylic acids is 1. The second-order valence-electron chi connectivity index (χ2n) is 3.92. The third-order valence-corrected chi connectivity index (χ3v) is 3.36. The van der Waals surface area contributed by atoms with Gasteiger partial charge < -0.3 is 4.98 Å². The zero-order valence-corrected chi connectivity index (χ0v) is 12.3. The van der Waals surface area contributed by atoms with E-state index in [4.69, 9.17) is 34.8 Å². The van der Waals surface area contributed by atoms with Crippen molar-refractivity contribution in [3.8, 4) is 5.69 Å². The summed E-state index contributed by atoms with van der Waals surface area (Å²) in [7, 11) is 0. The number of aromatic amines is 1. The molecular formula is C12H7Cl3N2O3. The third kappa shape index (κ3) is 2.52. The highest BCUT2D eigenvalue weighted by atomic mass is 35.5. The number of nitrogens with one attached hydrogen (secondary N) is 1. The summed E-state index contributed by atoms with van der Waals surface area (Å²) in [6.07, 6.45) is 1.06. The molecule has 0 aliphatic heterocycles. The van der Waals surface area contributed by atoms with Crippen molar-refractivity contribution in [1.82, 2.24) is 9.55 Å². The molecule has 1 aromatic heterocycles. The Morgan fingerprint density at radius 2 is 1.70 bits per heavy atom. The zero-order valence-electron chi connectivity index (χ0n) is 10.0. The van der Waals surface area contributed by atoms with Crippen LogP contribution in [0.15, 0.2) is 27.9 Å². The molecule has 0 spiro atoms. The number of halogens is 3. The smallest absolute Gasteiger partial charge is 0.313 e. The molecule has 0 aliphatic rings. The van der Waals surface area contributed by atoms with Gasteiger partial charge in [0.15, 0.2) is 5.78 Å². The van der Waals surface area contributed by atoms with Crippen LogP contribution < -0.4 is 11.2 Å². The van der Waals surface area contributed by atoms with Crippen LogP contribution in [0.2, 0.25) is 15.1 Å². The summed E-state index contributed by atoms with van der Waals surface area (Å²) in [6, 6.07) is 2.69. The largest absolute Gasteiger partial charge is 0.333 e. The maximum Gasteiger partial charge on any atom is 0.333 e. The molecule has 1 aromatic carbocycles. The van der Waals surface area contributed by atoms with E-state index in [1.165, 1.54) is 19.1 Å². The van der Waals surface area contributed by atoms with E-state index in [2.05, 4.69) is 4.98 Å². The molecule has 1 N–H and O–H groups in total. The van der Waals surface area contributed by atoms with Crippen LogP contribution in [0.1, 0.15) is 17.3 Å². The second kappa shape index (κ2) is 5.44. The molecule has 20 heavy (non-hydrogen) atoms. The van der Waals surface area contributed by atoms with Crippen molar-refractivity contribution >= 4 is 40.6 Å². The highest BCUT2D eigenvalue weighted by molar-refractivity contribution is 6.40. The minimum Gasteiger partial charge on any atom is -0.313 e. The maximum atomic E-state index is 12.2. The number of ketones is 1. The molecule has 104 valence electrons. The molecule has 8 heteroatoms. The van der Waals surface area contributed by atoms with Crippen molar-refractivity contribution in [2.75, 3.05) is 0 Å². The number of H-pyrrole nitrogens is 1. The fraction of sp³-hybridized carbons (Fsp3) is 0.0833. The number of nitrogens with zero attached hydrogens (tertiary/aromatic N) is 1. The van der Waals surface area contributed by atoms with Gasteiger partial charge in [0.25, 0.3) is 5.56 Å². The highest BCUT2D eigenvalue weighted by Gasteiger charge is 2.17. The van der Waals surface area contributed by atoms with Gasteiger partial charge in [-0.1, -0.05) is 34.8 Å². The summed E-state index contributed by atoms with van der Waals surface area (Å²) in [4.78, 5) is 37.7. The lowest BCUT2D eigenvalue weighted by Crippen LogP contribution is -2.36. The van der Waals surface area contributed by atoms with Gasteiger partial charge in [0.1, 0.15) is 0 Å². The van der Waals surface area contributed by atoms with Gasteiger partial charge in [-0.2, -0.15) is 0 Å². The summed E-state index contributed by atoms with van der Waals surface area (Å²) < 4.78 is 0.706. The van der Waals surface area contributed by atoms with Gasteiger partial charge >= 0.3 is 5.69 Å². The summed E-state index contributed by atoms with van der Waals surface area (Å²) in [6.45, 7) is 1.21. The first kappa shape index (κ1) is 14.8. The molecule has 0 amide bonds. The average molecular weight is 334 g/mol. The zero-order chi connectivity index (χ0) is 15.0. The lowest BCUT2D eigenvalue weighted by Gasteiger charge is -2.10. The van der Waals surface area contributed by atoms with Crippen LogP contribution in [0.25, 0.3) is 5.69 Å². The van der Waals surface area contributed by atoms with Gasteiger partial charge in [-0.25, -0.2) is 9.36 Å². The standard InChI is InChI=1S/C12H7Cl3N2O3/c1-5(18)7-4-16-12(20)17(11(7)19)10-8(14)2-6(13)3-9(10)15/h2-4H,1H3,(H,16,20). The molecule has 0 saturated heterocycles.